The molecule has 0 aliphatic carbocycles. The number of fused-ring (bicyclic) bond motifs is 5. The van der Waals surface area contributed by atoms with E-state index in [0.29, 0.717) is 24.8 Å². The molecule has 1 aliphatic rings. The van der Waals surface area contributed by atoms with Crippen LogP contribution >= 0.6 is 0 Å². The van der Waals surface area contributed by atoms with Crippen LogP contribution in [-0.4, -0.2) is 136 Å². The number of hydrogen-bond acceptors (Lipinski definition) is 11. The number of aromatic hydroxyl groups is 2. The Morgan fingerprint density at radius 2 is 1.29 bits per heavy atom. The van der Waals surface area contributed by atoms with E-state index in [1.165, 1.54) is 121 Å². The minimum atomic E-state index is -1.47. The van der Waals surface area contributed by atoms with Crippen LogP contribution in [0, 0.1) is 0 Å². The molecule has 18 nitrogen and oxygen atoms in total. The summed E-state index contributed by atoms with van der Waals surface area (Å²) in [5, 5.41) is 54.9. The first-order valence-electron chi connectivity index (χ1n) is 24.8. The first-order chi connectivity index (χ1) is 33.0. The van der Waals surface area contributed by atoms with Crippen molar-refractivity contribution in [3.05, 3.63) is 47.5 Å². The molecule has 1 heterocycles. The van der Waals surface area contributed by atoms with Gasteiger partial charge in [0.2, 0.25) is 41.4 Å². The van der Waals surface area contributed by atoms with Crippen LogP contribution in [0.3, 0.4) is 0 Å². The van der Waals surface area contributed by atoms with Crippen LogP contribution in [0.2, 0.25) is 0 Å². The predicted octanol–water partition coefficient (Wildman–Crippen LogP) is 4.01. The van der Waals surface area contributed by atoms with Gasteiger partial charge in [-0.15, -0.1) is 0 Å². The lowest BCUT2D eigenvalue weighted by Crippen LogP contribution is -2.56. The molecule has 0 radical (unpaired) electrons. The lowest BCUT2D eigenvalue weighted by molar-refractivity contribution is -0.142. The minimum absolute atomic E-state index is 0.0531. The van der Waals surface area contributed by atoms with Gasteiger partial charge in [0.1, 0.15) is 41.7 Å². The molecule has 6 atom stereocenters. The van der Waals surface area contributed by atoms with E-state index in [0.717, 1.165) is 24.2 Å². The van der Waals surface area contributed by atoms with Gasteiger partial charge in [-0.05, 0) is 62.1 Å². The molecule has 3 rings (SSSR count). The zero-order valence-electron chi connectivity index (χ0n) is 41.6. The number of aliphatic hydroxyl groups excluding tert-OH is 2. The molecule has 2 aromatic rings. The number of benzene rings is 2. The van der Waals surface area contributed by atoms with Crippen molar-refractivity contribution in [3.63, 3.8) is 0 Å². The number of amides is 7. The summed E-state index contributed by atoms with van der Waals surface area (Å²) >= 11 is 0. The molecule has 1 aliphatic heterocycles. The smallest absolute Gasteiger partial charge is 0.248 e. The number of nitrogens with zero attached hydrogens (tertiary/aromatic N) is 2. The number of phenols is 2. The molecule has 0 saturated heterocycles. The molecule has 2 aromatic carbocycles. The number of unbranched alkanes of at least 4 members (excludes halogenated alkanes) is 12. The van der Waals surface area contributed by atoms with Crippen molar-refractivity contribution < 1.29 is 54.0 Å². The Morgan fingerprint density at radius 3 is 1.87 bits per heavy atom. The highest BCUT2D eigenvalue weighted by atomic mass is 16.3. The van der Waals surface area contributed by atoms with Crippen molar-refractivity contribution in [2.75, 3.05) is 33.9 Å². The fourth-order valence-corrected chi connectivity index (χ4v) is 8.36. The Balaban J connectivity index is 1.66. The van der Waals surface area contributed by atoms with Crippen LogP contribution in [-0.2, 0) is 40.0 Å². The standard InChI is InChI=1S/C51H79N7O11/c1-7-9-10-11-12-13-14-15-16-17-18-19-20-22-44(63)57(5)41(32-60)50(68)53-33(3)47(65)52-30-45(64)58(6)46-36-24-26-43(62)39(29-36)38-27-35(23-25-42(38)61)28-40(49(67)55-37(31-59)21-8-2)56-48(66)34(4)54-51(46)69/h23-27,29,33-34,37,40-41,46,59-62H,7-22,28,30-32H2,1-6H3,(H,52,65)(H,53,68)(H,54,69)(H,55,67)(H,56,66)/t33-,34+,37+,40+,41-,46+/m1/s1. The van der Waals surface area contributed by atoms with E-state index in [1.807, 2.05) is 6.92 Å². The Bertz CT molecular complexity index is 2020. The zero-order chi connectivity index (χ0) is 51.0. The molecule has 9 N–H and O–H groups in total. The maximum Gasteiger partial charge on any atom is 0.248 e. The van der Waals surface area contributed by atoms with E-state index in [9.17, 15) is 54.0 Å². The number of likely N-dealkylation sites (N-methyl/N-ethyl adjacent to an activating group) is 2. The Labute approximate surface area is 407 Å². The number of phenolic OH excluding ortho intramolecular Hbond substituents is 2. The summed E-state index contributed by atoms with van der Waals surface area (Å²) in [4.78, 5) is 96.7. The van der Waals surface area contributed by atoms with Gasteiger partial charge in [0.15, 0.2) is 0 Å². The maximum atomic E-state index is 14.1. The van der Waals surface area contributed by atoms with Crippen LogP contribution in [0.4, 0.5) is 0 Å². The molecule has 69 heavy (non-hydrogen) atoms. The molecule has 0 saturated carbocycles. The van der Waals surface area contributed by atoms with Gasteiger partial charge in [0.05, 0.1) is 25.8 Å². The highest BCUT2D eigenvalue weighted by Crippen LogP contribution is 2.38. The number of aliphatic hydroxyl groups is 2. The molecular weight excluding hydrogens is 887 g/mol. The first kappa shape index (κ1) is 57.6. The molecule has 0 aromatic heterocycles. The summed E-state index contributed by atoms with van der Waals surface area (Å²) in [6, 6.07) is 1.62. The Kier molecular flexibility index (Phi) is 25.0. The highest BCUT2D eigenvalue weighted by molar-refractivity contribution is 5.97. The van der Waals surface area contributed by atoms with Crippen LogP contribution in [0.25, 0.3) is 11.1 Å². The molecule has 0 spiro atoms. The summed E-state index contributed by atoms with van der Waals surface area (Å²) in [6.07, 6.45) is 16.4. The lowest BCUT2D eigenvalue weighted by Gasteiger charge is -2.30. The Morgan fingerprint density at radius 1 is 0.710 bits per heavy atom. The van der Waals surface area contributed by atoms with E-state index >= 15 is 0 Å². The van der Waals surface area contributed by atoms with Crippen LogP contribution in [0.15, 0.2) is 36.4 Å². The second kappa shape index (κ2) is 30.0. The Hall–Kier alpha value is -5.75. The molecule has 0 unspecified atom stereocenters. The number of hydrogen-bond donors (Lipinski definition) is 9. The number of carbonyl (C=O) groups is 7. The fourth-order valence-electron chi connectivity index (χ4n) is 8.36. The largest absolute Gasteiger partial charge is 0.507 e. The van der Waals surface area contributed by atoms with Crippen LogP contribution < -0.4 is 26.6 Å². The van der Waals surface area contributed by atoms with E-state index in [2.05, 4.69) is 33.5 Å². The van der Waals surface area contributed by atoms with Gasteiger partial charge in [-0.2, -0.15) is 0 Å². The normalized spacial score (nSPS) is 17.2. The minimum Gasteiger partial charge on any atom is -0.507 e. The van der Waals surface area contributed by atoms with Gasteiger partial charge < -0.3 is 56.8 Å². The van der Waals surface area contributed by atoms with Crippen LogP contribution in [0.1, 0.15) is 148 Å². The summed E-state index contributed by atoms with van der Waals surface area (Å²) < 4.78 is 0. The maximum absolute atomic E-state index is 14.1. The highest BCUT2D eigenvalue weighted by Gasteiger charge is 2.34. The van der Waals surface area contributed by atoms with Crippen molar-refractivity contribution in [3.8, 4) is 22.6 Å². The van der Waals surface area contributed by atoms with Gasteiger partial charge in [-0.1, -0.05) is 109 Å². The van der Waals surface area contributed by atoms with Gasteiger partial charge in [0, 0.05) is 38.1 Å². The van der Waals surface area contributed by atoms with Gasteiger partial charge in [-0.25, -0.2) is 0 Å². The van der Waals surface area contributed by atoms with Crippen LogP contribution in [0.5, 0.6) is 11.5 Å². The summed E-state index contributed by atoms with van der Waals surface area (Å²) in [7, 11) is 2.72. The van der Waals surface area contributed by atoms with Crippen molar-refractivity contribution in [2.45, 2.75) is 173 Å². The second-order valence-corrected chi connectivity index (χ2v) is 18.4. The van der Waals surface area contributed by atoms with Crippen molar-refractivity contribution in [2.24, 2.45) is 0 Å². The summed E-state index contributed by atoms with van der Waals surface area (Å²) in [5.41, 5.74) is 0.890. The third-order valence-electron chi connectivity index (χ3n) is 12.7. The molecule has 18 heteroatoms. The second-order valence-electron chi connectivity index (χ2n) is 18.4. The quantitative estimate of drug-likeness (QED) is 0.0578. The van der Waals surface area contributed by atoms with Gasteiger partial charge in [-0.3, -0.25) is 33.6 Å². The number of rotatable bonds is 27. The third-order valence-corrected chi connectivity index (χ3v) is 12.7. The van der Waals surface area contributed by atoms with E-state index < -0.39 is 84.8 Å². The van der Waals surface area contributed by atoms with Crippen molar-refractivity contribution in [1.29, 1.82) is 0 Å². The molecular formula is C51H79N7O11. The van der Waals surface area contributed by atoms with Crippen molar-refractivity contribution in [1.82, 2.24) is 36.4 Å². The monoisotopic (exact) mass is 966 g/mol. The third kappa shape index (κ3) is 18.3. The predicted molar refractivity (Wildman–Crippen MR) is 262 cm³/mol. The summed E-state index contributed by atoms with van der Waals surface area (Å²) in [6.45, 7) is 5.22. The van der Waals surface area contributed by atoms with Gasteiger partial charge >= 0.3 is 0 Å². The molecule has 0 fully saturated rings. The van der Waals surface area contributed by atoms with Crippen molar-refractivity contribution >= 4 is 41.4 Å². The molecule has 4 bridgehead atoms. The zero-order valence-corrected chi connectivity index (χ0v) is 41.6. The number of nitrogens with one attached hydrogen (secondary N) is 5. The first-order valence-corrected chi connectivity index (χ1v) is 24.8. The fraction of sp³-hybridized carbons (Fsp3) is 0.627. The number of carbonyl (C=O) groups excluding carboxylic acids is 7. The molecule has 7 amide bonds. The SMILES string of the molecule is CCCCCCCCCCCCCCCC(=O)N(C)[C@H](CO)C(=O)N[C@H](C)C(=O)NCC(=O)N(C)[C@@H]1C(=O)N[C@@H](C)C(=O)N[C@H](C(=O)N[C@H](CO)CCC)Cc2ccc(O)c(c2)-c2cc1ccc2O. The van der Waals surface area contributed by atoms with E-state index in [4.69, 9.17) is 0 Å². The summed E-state index contributed by atoms with van der Waals surface area (Å²) in [5.74, 6) is -5.30. The van der Waals surface area contributed by atoms with E-state index in [-0.39, 0.29) is 53.5 Å². The average molecular weight is 966 g/mol. The average Bonchev–Trinajstić information content (AvgIpc) is 3.32. The molecule has 384 valence electrons. The van der Waals surface area contributed by atoms with E-state index in [1.54, 1.807) is 6.07 Å². The van der Waals surface area contributed by atoms with Gasteiger partial charge in [0.25, 0.3) is 0 Å². The topological polar surface area (TPSA) is 267 Å². The lowest BCUT2D eigenvalue weighted by atomic mass is 9.93.